The van der Waals surface area contributed by atoms with Crippen molar-refractivity contribution in [2.75, 3.05) is 19.8 Å². The summed E-state index contributed by atoms with van der Waals surface area (Å²) in [5.74, 6) is 1.48. The van der Waals surface area contributed by atoms with Gasteiger partial charge in [0, 0.05) is 5.56 Å². The fourth-order valence-corrected chi connectivity index (χ4v) is 2.20. The summed E-state index contributed by atoms with van der Waals surface area (Å²) in [5, 5.41) is 10.0. The zero-order chi connectivity index (χ0) is 11.7. The zero-order valence-corrected chi connectivity index (χ0v) is 10.6. The van der Waals surface area contributed by atoms with Crippen LogP contribution in [0.5, 0.6) is 17.2 Å². The molecule has 0 radical (unpaired) electrons. The molecule has 1 heterocycles. The summed E-state index contributed by atoms with van der Waals surface area (Å²) in [4.78, 5) is 0. The molecule has 0 bridgehead atoms. The summed E-state index contributed by atoms with van der Waals surface area (Å²) < 4.78 is 11.5. The molecule has 1 unspecified atom stereocenters. The van der Waals surface area contributed by atoms with Crippen LogP contribution in [0.4, 0.5) is 0 Å². The van der Waals surface area contributed by atoms with Crippen molar-refractivity contribution < 1.29 is 14.6 Å². The molecule has 1 aliphatic heterocycles. The molecule has 88 valence electrons. The number of benzene rings is 1. The summed E-state index contributed by atoms with van der Waals surface area (Å²) in [5.41, 5.74) is 6.38. The van der Waals surface area contributed by atoms with E-state index in [4.69, 9.17) is 15.2 Å². The topological polar surface area (TPSA) is 64.7 Å². The van der Waals surface area contributed by atoms with Crippen molar-refractivity contribution in [3.8, 4) is 17.2 Å². The summed E-state index contributed by atoms with van der Waals surface area (Å²) in [6.07, 6.45) is 0. The molecule has 0 fully saturated rings. The third-order valence-corrected chi connectivity index (χ3v) is 3.40. The van der Waals surface area contributed by atoms with Gasteiger partial charge in [0.25, 0.3) is 0 Å². The molecule has 2 rings (SSSR count). The predicted molar refractivity (Wildman–Crippen MR) is 64.3 cm³/mol. The highest BCUT2D eigenvalue weighted by atomic mass is 79.9. The van der Waals surface area contributed by atoms with Crippen LogP contribution in [-0.4, -0.2) is 24.9 Å². The molecule has 0 saturated carbocycles. The first kappa shape index (κ1) is 11.5. The molecule has 0 spiro atoms. The Bertz CT molecular complexity index is 409. The Kier molecular flexibility index (Phi) is 3.25. The van der Waals surface area contributed by atoms with Crippen LogP contribution >= 0.6 is 15.9 Å². The summed E-state index contributed by atoms with van der Waals surface area (Å²) in [6, 6.07) is 1.80. The van der Waals surface area contributed by atoms with E-state index in [2.05, 4.69) is 15.9 Å². The number of hydrogen-bond donors (Lipinski definition) is 2. The Labute approximate surface area is 102 Å². The van der Waals surface area contributed by atoms with Gasteiger partial charge in [0.2, 0.25) is 0 Å². The Morgan fingerprint density at radius 3 is 2.88 bits per heavy atom. The number of rotatable bonds is 2. The second kappa shape index (κ2) is 4.51. The van der Waals surface area contributed by atoms with Crippen LogP contribution in [0.25, 0.3) is 0 Å². The van der Waals surface area contributed by atoms with Crippen LogP contribution in [0.3, 0.4) is 0 Å². The van der Waals surface area contributed by atoms with Crippen LogP contribution in [0.2, 0.25) is 0 Å². The molecule has 0 amide bonds. The van der Waals surface area contributed by atoms with E-state index in [1.807, 2.05) is 6.92 Å². The van der Waals surface area contributed by atoms with Crippen molar-refractivity contribution in [3.05, 3.63) is 16.1 Å². The first-order chi connectivity index (χ1) is 7.65. The third-order valence-electron chi connectivity index (χ3n) is 2.66. The largest absolute Gasteiger partial charge is 0.506 e. The number of fused-ring (bicyclic) bond motifs is 1. The van der Waals surface area contributed by atoms with Gasteiger partial charge in [-0.2, -0.15) is 0 Å². The van der Waals surface area contributed by atoms with Gasteiger partial charge in [-0.05, 0) is 34.5 Å². The van der Waals surface area contributed by atoms with Gasteiger partial charge in [-0.1, -0.05) is 6.92 Å². The van der Waals surface area contributed by atoms with Gasteiger partial charge in [-0.25, -0.2) is 0 Å². The Morgan fingerprint density at radius 2 is 2.19 bits per heavy atom. The zero-order valence-electron chi connectivity index (χ0n) is 9.00. The number of phenolic OH excluding ortho intramolecular Hbond substituents is 1. The molecule has 0 aliphatic carbocycles. The van der Waals surface area contributed by atoms with Crippen LogP contribution in [-0.2, 0) is 0 Å². The van der Waals surface area contributed by atoms with Crippen molar-refractivity contribution >= 4 is 15.9 Å². The van der Waals surface area contributed by atoms with Gasteiger partial charge in [0.15, 0.2) is 11.5 Å². The second-order valence-corrected chi connectivity index (χ2v) is 4.58. The predicted octanol–water partition coefficient (Wildman–Crippen LogP) is 1.99. The van der Waals surface area contributed by atoms with Gasteiger partial charge >= 0.3 is 0 Å². The van der Waals surface area contributed by atoms with Crippen molar-refractivity contribution in [2.24, 2.45) is 5.73 Å². The Hall–Kier alpha value is -0.940. The molecule has 5 heteroatoms. The number of ether oxygens (including phenoxy) is 2. The van der Waals surface area contributed by atoms with E-state index in [-0.39, 0.29) is 11.7 Å². The van der Waals surface area contributed by atoms with E-state index in [0.29, 0.717) is 35.7 Å². The third kappa shape index (κ3) is 1.85. The van der Waals surface area contributed by atoms with Gasteiger partial charge in [-0.15, -0.1) is 0 Å². The number of nitrogens with two attached hydrogens (primary N) is 1. The first-order valence-electron chi connectivity index (χ1n) is 5.16. The van der Waals surface area contributed by atoms with Crippen molar-refractivity contribution in [1.82, 2.24) is 0 Å². The lowest BCUT2D eigenvalue weighted by molar-refractivity contribution is 0.169. The lowest BCUT2D eigenvalue weighted by atomic mass is 9.99. The summed E-state index contributed by atoms with van der Waals surface area (Å²) in [6.45, 7) is 3.45. The lowest BCUT2D eigenvalue weighted by Crippen LogP contribution is -2.17. The molecule has 0 saturated heterocycles. The molecule has 16 heavy (non-hydrogen) atoms. The van der Waals surface area contributed by atoms with Crippen molar-refractivity contribution in [2.45, 2.75) is 12.8 Å². The number of halogens is 1. The maximum atomic E-state index is 10.0. The van der Waals surface area contributed by atoms with Crippen LogP contribution in [0.1, 0.15) is 18.4 Å². The molecule has 3 N–H and O–H groups in total. The average Bonchev–Trinajstić information content (AvgIpc) is 2.33. The standard InChI is InChI=1S/C11H14BrNO3/c1-6(5-13)7-4-8-11(9(12)10(7)14)16-3-2-15-8/h4,6,14H,2-3,5,13H2,1H3. The maximum Gasteiger partial charge on any atom is 0.179 e. The minimum absolute atomic E-state index is 0.0760. The van der Waals surface area contributed by atoms with E-state index >= 15 is 0 Å². The highest BCUT2D eigenvalue weighted by Crippen LogP contribution is 2.46. The Balaban J connectivity index is 2.52. The SMILES string of the molecule is CC(CN)c1cc2c(c(Br)c1O)OCCO2. The molecule has 1 aromatic rings. The molecular weight excluding hydrogens is 274 g/mol. The Morgan fingerprint density at radius 1 is 1.50 bits per heavy atom. The fourth-order valence-electron chi connectivity index (χ4n) is 1.66. The molecule has 0 aromatic heterocycles. The first-order valence-corrected chi connectivity index (χ1v) is 5.95. The minimum atomic E-state index is 0.0760. The van der Waals surface area contributed by atoms with Crippen LogP contribution in [0, 0.1) is 0 Å². The molecular formula is C11H14BrNO3. The summed E-state index contributed by atoms with van der Waals surface area (Å²) in [7, 11) is 0. The quantitative estimate of drug-likeness (QED) is 0.873. The van der Waals surface area contributed by atoms with Gasteiger partial charge in [-0.3, -0.25) is 0 Å². The van der Waals surface area contributed by atoms with Crippen molar-refractivity contribution in [3.63, 3.8) is 0 Å². The molecule has 1 aliphatic rings. The van der Waals surface area contributed by atoms with Gasteiger partial charge in [0.05, 0.1) is 0 Å². The van der Waals surface area contributed by atoms with E-state index in [0.717, 1.165) is 5.56 Å². The van der Waals surface area contributed by atoms with Crippen LogP contribution in [0.15, 0.2) is 10.5 Å². The minimum Gasteiger partial charge on any atom is -0.506 e. The lowest BCUT2D eigenvalue weighted by Gasteiger charge is -2.23. The highest BCUT2D eigenvalue weighted by molar-refractivity contribution is 9.10. The summed E-state index contributed by atoms with van der Waals surface area (Å²) >= 11 is 3.32. The molecule has 1 aromatic carbocycles. The van der Waals surface area contributed by atoms with E-state index in [9.17, 15) is 5.11 Å². The number of phenols is 1. The fraction of sp³-hybridized carbons (Fsp3) is 0.455. The van der Waals surface area contributed by atoms with Crippen molar-refractivity contribution in [1.29, 1.82) is 0 Å². The van der Waals surface area contributed by atoms with E-state index < -0.39 is 0 Å². The number of aromatic hydroxyl groups is 1. The smallest absolute Gasteiger partial charge is 0.179 e. The normalized spacial score (nSPS) is 15.9. The average molecular weight is 288 g/mol. The monoisotopic (exact) mass is 287 g/mol. The maximum absolute atomic E-state index is 10.0. The van der Waals surface area contributed by atoms with Crippen LogP contribution < -0.4 is 15.2 Å². The molecule has 1 atom stereocenters. The molecule has 4 nitrogen and oxygen atoms in total. The number of hydrogen-bond acceptors (Lipinski definition) is 4. The van der Waals surface area contributed by atoms with E-state index in [1.54, 1.807) is 6.07 Å². The van der Waals surface area contributed by atoms with Gasteiger partial charge < -0.3 is 20.3 Å². The highest BCUT2D eigenvalue weighted by Gasteiger charge is 2.23. The van der Waals surface area contributed by atoms with Gasteiger partial charge in [0.1, 0.15) is 23.4 Å². The van der Waals surface area contributed by atoms with E-state index in [1.165, 1.54) is 0 Å². The second-order valence-electron chi connectivity index (χ2n) is 3.79.